The maximum atomic E-state index is 12.3. The Labute approximate surface area is 152 Å². The van der Waals surface area contributed by atoms with E-state index < -0.39 is 30.4 Å². The predicted octanol–water partition coefficient (Wildman–Crippen LogP) is 0.656. The number of benzene rings is 1. The van der Waals surface area contributed by atoms with Crippen molar-refractivity contribution in [1.82, 2.24) is 4.90 Å². The molecule has 0 spiro atoms. The molecule has 142 valence electrons. The van der Waals surface area contributed by atoms with Crippen LogP contribution in [0.25, 0.3) is 0 Å². The first-order chi connectivity index (χ1) is 12.5. The molecule has 0 aliphatic carbocycles. The Kier molecular flexibility index (Phi) is 6.82. The van der Waals surface area contributed by atoms with Crippen LogP contribution < -0.4 is 15.2 Å². The number of primary amides is 1. The highest BCUT2D eigenvalue weighted by molar-refractivity contribution is 5.88. The largest absolute Gasteiger partial charge is 0.493 e. The Morgan fingerprint density at radius 2 is 1.88 bits per heavy atom. The predicted molar refractivity (Wildman–Crippen MR) is 92.8 cm³/mol. The number of carbonyl (C=O) groups excluding carboxylic acids is 3. The monoisotopic (exact) mass is 364 g/mol. The lowest BCUT2D eigenvalue weighted by Crippen LogP contribution is -2.51. The number of likely N-dealkylation sites (tertiary alicyclic amines) is 1. The molecule has 1 aromatic carbocycles. The van der Waals surface area contributed by atoms with Crippen LogP contribution in [0.1, 0.15) is 24.8 Å². The van der Waals surface area contributed by atoms with Crippen molar-refractivity contribution in [2.45, 2.75) is 31.7 Å². The summed E-state index contributed by atoms with van der Waals surface area (Å²) in [5, 5.41) is 0. The highest BCUT2D eigenvalue weighted by Gasteiger charge is 2.30. The second-order valence-electron chi connectivity index (χ2n) is 6.03. The quantitative estimate of drug-likeness (QED) is 0.712. The van der Waals surface area contributed by atoms with Crippen molar-refractivity contribution < 1.29 is 28.6 Å². The van der Waals surface area contributed by atoms with Crippen LogP contribution in [-0.4, -0.2) is 56.1 Å². The number of esters is 1. The van der Waals surface area contributed by atoms with Crippen molar-refractivity contribution in [3.63, 3.8) is 0 Å². The van der Waals surface area contributed by atoms with E-state index in [4.69, 9.17) is 19.9 Å². The van der Waals surface area contributed by atoms with Crippen LogP contribution in [0.5, 0.6) is 11.5 Å². The number of hydrogen-bond donors (Lipinski definition) is 1. The molecule has 0 radical (unpaired) electrons. The number of amides is 2. The molecule has 0 bridgehead atoms. The lowest BCUT2D eigenvalue weighted by Gasteiger charge is -2.33. The molecule has 1 heterocycles. The topological polar surface area (TPSA) is 108 Å². The molecule has 1 aliphatic rings. The van der Waals surface area contributed by atoms with Gasteiger partial charge in [0, 0.05) is 6.54 Å². The smallest absolute Gasteiger partial charge is 0.310 e. The maximum Gasteiger partial charge on any atom is 0.310 e. The number of piperidine rings is 1. The van der Waals surface area contributed by atoms with Crippen LogP contribution in [0.4, 0.5) is 0 Å². The number of nitrogens with two attached hydrogens (primary N) is 1. The van der Waals surface area contributed by atoms with Crippen LogP contribution in [-0.2, 0) is 25.5 Å². The van der Waals surface area contributed by atoms with Gasteiger partial charge in [-0.2, -0.15) is 0 Å². The third kappa shape index (κ3) is 4.87. The summed E-state index contributed by atoms with van der Waals surface area (Å²) in [7, 11) is 3.03. The zero-order valence-corrected chi connectivity index (χ0v) is 15.0. The SMILES string of the molecule is COc1ccc(CC(=O)OCC(=O)N2CCCC[C@H]2C(N)=O)cc1OC. The zero-order chi connectivity index (χ0) is 19.1. The van der Waals surface area contributed by atoms with Crippen molar-refractivity contribution in [2.75, 3.05) is 27.4 Å². The Morgan fingerprint density at radius 1 is 1.15 bits per heavy atom. The average molecular weight is 364 g/mol. The van der Waals surface area contributed by atoms with Gasteiger partial charge in [0.2, 0.25) is 5.91 Å². The van der Waals surface area contributed by atoms with Crippen LogP contribution >= 0.6 is 0 Å². The molecule has 1 atom stereocenters. The molecule has 1 aliphatic heterocycles. The molecule has 8 heteroatoms. The van der Waals surface area contributed by atoms with Crippen molar-refractivity contribution in [1.29, 1.82) is 0 Å². The van der Waals surface area contributed by atoms with E-state index in [0.717, 1.165) is 12.8 Å². The van der Waals surface area contributed by atoms with Crippen LogP contribution in [0.15, 0.2) is 18.2 Å². The highest BCUT2D eigenvalue weighted by atomic mass is 16.5. The van der Waals surface area contributed by atoms with E-state index in [1.54, 1.807) is 18.2 Å². The molecule has 1 fully saturated rings. The van der Waals surface area contributed by atoms with Crippen molar-refractivity contribution in [3.05, 3.63) is 23.8 Å². The summed E-state index contributed by atoms with van der Waals surface area (Å²) in [6, 6.07) is 4.46. The molecule has 0 saturated carbocycles. The van der Waals surface area contributed by atoms with Crippen LogP contribution in [0, 0.1) is 0 Å². The van der Waals surface area contributed by atoms with E-state index in [9.17, 15) is 14.4 Å². The second-order valence-corrected chi connectivity index (χ2v) is 6.03. The van der Waals surface area contributed by atoms with Crippen LogP contribution in [0.2, 0.25) is 0 Å². The van der Waals surface area contributed by atoms with E-state index in [1.807, 2.05) is 0 Å². The highest BCUT2D eigenvalue weighted by Crippen LogP contribution is 2.27. The summed E-state index contributed by atoms with van der Waals surface area (Å²) in [5.41, 5.74) is 6.02. The van der Waals surface area contributed by atoms with Gasteiger partial charge in [0.15, 0.2) is 18.1 Å². The fraction of sp³-hybridized carbons (Fsp3) is 0.500. The van der Waals surface area contributed by atoms with Gasteiger partial charge in [-0.05, 0) is 37.0 Å². The lowest BCUT2D eigenvalue weighted by atomic mass is 10.0. The number of carbonyl (C=O) groups is 3. The fourth-order valence-electron chi connectivity index (χ4n) is 2.96. The summed E-state index contributed by atoms with van der Waals surface area (Å²) in [5.74, 6) is -0.420. The summed E-state index contributed by atoms with van der Waals surface area (Å²) in [6.07, 6.45) is 2.18. The zero-order valence-electron chi connectivity index (χ0n) is 15.0. The van der Waals surface area contributed by atoms with E-state index in [-0.39, 0.29) is 6.42 Å². The van der Waals surface area contributed by atoms with Gasteiger partial charge in [0.05, 0.1) is 20.6 Å². The lowest BCUT2D eigenvalue weighted by molar-refractivity contribution is -0.154. The fourth-order valence-corrected chi connectivity index (χ4v) is 2.96. The maximum absolute atomic E-state index is 12.3. The number of methoxy groups -OCH3 is 2. The van der Waals surface area contributed by atoms with Gasteiger partial charge in [-0.25, -0.2) is 0 Å². The standard InChI is InChI=1S/C18H24N2O6/c1-24-14-7-6-12(9-15(14)25-2)10-17(22)26-11-16(21)20-8-4-3-5-13(20)18(19)23/h6-7,9,13H,3-5,8,10-11H2,1-2H3,(H2,19,23)/t13-/m0/s1. The van der Waals surface area contributed by atoms with Crippen LogP contribution in [0.3, 0.4) is 0 Å². The molecular formula is C18H24N2O6. The van der Waals surface area contributed by atoms with E-state index in [1.165, 1.54) is 19.1 Å². The number of rotatable bonds is 7. The Morgan fingerprint density at radius 3 is 2.54 bits per heavy atom. The molecule has 0 unspecified atom stereocenters. The minimum absolute atomic E-state index is 0.00706. The number of nitrogens with zero attached hydrogens (tertiary/aromatic N) is 1. The summed E-state index contributed by atoms with van der Waals surface area (Å²) in [6.45, 7) is 0.0373. The summed E-state index contributed by atoms with van der Waals surface area (Å²) in [4.78, 5) is 37.1. The Balaban J connectivity index is 1.90. The van der Waals surface area contributed by atoms with E-state index >= 15 is 0 Å². The van der Waals surface area contributed by atoms with Gasteiger partial charge in [-0.1, -0.05) is 6.07 Å². The summed E-state index contributed by atoms with van der Waals surface area (Å²) < 4.78 is 15.4. The number of hydrogen-bond acceptors (Lipinski definition) is 6. The van der Waals surface area contributed by atoms with Gasteiger partial charge in [0.1, 0.15) is 6.04 Å². The van der Waals surface area contributed by atoms with Crippen molar-refractivity contribution >= 4 is 17.8 Å². The van der Waals surface area contributed by atoms with E-state index in [2.05, 4.69) is 0 Å². The molecule has 2 N–H and O–H groups in total. The minimum Gasteiger partial charge on any atom is -0.493 e. The first kappa shape index (κ1) is 19.6. The normalized spacial score (nSPS) is 16.7. The first-order valence-electron chi connectivity index (χ1n) is 8.41. The molecule has 2 amide bonds. The van der Waals surface area contributed by atoms with Crippen molar-refractivity contribution in [3.8, 4) is 11.5 Å². The molecule has 8 nitrogen and oxygen atoms in total. The first-order valence-corrected chi connectivity index (χ1v) is 8.41. The van der Waals surface area contributed by atoms with Gasteiger partial charge in [-0.15, -0.1) is 0 Å². The molecule has 0 aromatic heterocycles. The van der Waals surface area contributed by atoms with Gasteiger partial charge in [0.25, 0.3) is 5.91 Å². The van der Waals surface area contributed by atoms with E-state index in [0.29, 0.717) is 30.0 Å². The van der Waals surface area contributed by atoms with Gasteiger partial charge in [-0.3, -0.25) is 14.4 Å². The van der Waals surface area contributed by atoms with Crippen molar-refractivity contribution in [2.24, 2.45) is 5.73 Å². The molecule has 26 heavy (non-hydrogen) atoms. The minimum atomic E-state index is -0.624. The third-order valence-corrected chi connectivity index (χ3v) is 4.30. The third-order valence-electron chi connectivity index (χ3n) is 4.30. The average Bonchev–Trinajstić information content (AvgIpc) is 2.65. The second kappa shape index (κ2) is 9.07. The molecular weight excluding hydrogens is 340 g/mol. The molecule has 1 aromatic rings. The Bertz CT molecular complexity index is 676. The van der Waals surface area contributed by atoms with Gasteiger partial charge < -0.3 is 24.8 Å². The number of ether oxygens (including phenoxy) is 3. The summed E-state index contributed by atoms with van der Waals surface area (Å²) >= 11 is 0. The molecule has 1 saturated heterocycles. The Hall–Kier alpha value is -2.77. The molecule has 2 rings (SSSR count). The van der Waals surface area contributed by atoms with Gasteiger partial charge >= 0.3 is 5.97 Å².